The third-order valence-corrected chi connectivity index (χ3v) is 4.73. The van der Waals surface area contributed by atoms with Crippen LogP contribution in [0.1, 0.15) is 23.6 Å². The minimum atomic E-state index is -0.246. The van der Waals surface area contributed by atoms with E-state index in [0.29, 0.717) is 18.1 Å². The van der Waals surface area contributed by atoms with Crippen LogP contribution in [0.3, 0.4) is 0 Å². The first-order chi connectivity index (χ1) is 12.1. The van der Waals surface area contributed by atoms with Gasteiger partial charge >= 0.3 is 0 Å². The molecule has 25 heavy (non-hydrogen) atoms. The SMILES string of the molecule is CCOc1ccc(/C=C2\SC(=O)N(Cc3ccc(C)cc3)C2=O)cc1. The van der Waals surface area contributed by atoms with Crippen LogP contribution in [0, 0.1) is 6.92 Å². The smallest absolute Gasteiger partial charge is 0.293 e. The molecule has 0 radical (unpaired) electrons. The van der Waals surface area contributed by atoms with Crippen molar-refractivity contribution < 1.29 is 14.3 Å². The van der Waals surface area contributed by atoms with Crippen LogP contribution in [0.15, 0.2) is 53.4 Å². The highest BCUT2D eigenvalue weighted by Crippen LogP contribution is 2.33. The topological polar surface area (TPSA) is 46.6 Å². The van der Waals surface area contributed by atoms with E-state index < -0.39 is 0 Å². The lowest BCUT2D eigenvalue weighted by molar-refractivity contribution is -0.123. The summed E-state index contributed by atoms with van der Waals surface area (Å²) in [7, 11) is 0. The van der Waals surface area contributed by atoms with Crippen molar-refractivity contribution in [2.24, 2.45) is 0 Å². The summed E-state index contributed by atoms with van der Waals surface area (Å²) in [6.45, 7) is 4.84. The molecule has 0 atom stereocenters. The molecule has 1 fully saturated rings. The van der Waals surface area contributed by atoms with Crippen LogP contribution in [0.4, 0.5) is 4.79 Å². The molecule has 4 nitrogen and oxygen atoms in total. The first-order valence-electron chi connectivity index (χ1n) is 8.10. The molecule has 0 aliphatic carbocycles. The molecule has 0 spiro atoms. The van der Waals surface area contributed by atoms with Crippen LogP contribution in [-0.4, -0.2) is 22.7 Å². The van der Waals surface area contributed by atoms with E-state index in [2.05, 4.69) is 0 Å². The third kappa shape index (κ3) is 4.12. The van der Waals surface area contributed by atoms with Crippen molar-refractivity contribution in [3.8, 4) is 5.75 Å². The number of hydrogen-bond acceptors (Lipinski definition) is 4. The second kappa shape index (κ2) is 7.57. The lowest BCUT2D eigenvalue weighted by Gasteiger charge is -2.12. The van der Waals surface area contributed by atoms with Gasteiger partial charge in [-0.15, -0.1) is 0 Å². The number of nitrogens with zero attached hydrogens (tertiary/aromatic N) is 1. The highest BCUT2D eigenvalue weighted by atomic mass is 32.2. The lowest BCUT2D eigenvalue weighted by atomic mass is 10.1. The fourth-order valence-corrected chi connectivity index (χ4v) is 3.33. The zero-order valence-electron chi connectivity index (χ0n) is 14.2. The Labute approximate surface area is 151 Å². The second-order valence-electron chi connectivity index (χ2n) is 5.76. The van der Waals surface area contributed by atoms with Crippen LogP contribution in [0.2, 0.25) is 0 Å². The molecule has 0 aromatic heterocycles. The molecule has 3 rings (SSSR count). The first-order valence-corrected chi connectivity index (χ1v) is 8.92. The Hall–Kier alpha value is -2.53. The summed E-state index contributed by atoms with van der Waals surface area (Å²) in [5.41, 5.74) is 2.95. The van der Waals surface area contributed by atoms with Gasteiger partial charge in [-0.1, -0.05) is 42.0 Å². The molecular weight excluding hydrogens is 334 g/mol. The van der Waals surface area contributed by atoms with Crippen LogP contribution in [-0.2, 0) is 11.3 Å². The second-order valence-corrected chi connectivity index (χ2v) is 6.75. The van der Waals surface area contributed by atoms with Crippen LogP contribution >= 0.6 is 11.8 Å². The lowest BCUT2D eigenvalue weighted by Crippen LogP contribution is -2.27. The van der Waals surface area contributed by atoms with Gasteiger partial charge in [-0.25, -0.2) is 0 Å². The molecule has 1 heterocycles. The standard InChI is InChI=1S/C20H19NO3S/c1-3-24-17-10-8-15(9-11-17)12-18-19(22)21(20(23)25-18)13-16-6-4-14(2)5-7-16/h4-12H,3,13H2,1-2H3/b18-12-. The van der Waals surface area contributed by atoms with Gasteiger partial charge in [-0.3, -0.25) is 14.5 Å². The average Bonchev–Trinajstić information content (AvgIpc) is 2.86. The molecule has 2 aromatic rings. The van der Waals surface area contributed by atoms with E-state index in [1.807, 2.05) is 62.4 Å². The Morgan fingerprint density at radius 2 is 1.72 bits per heavy atom. The van der Waals surface area contributed by atoms with Crippen molar-refractivity contribution in [3.63, 3.8) is 0 Å². The molecule has 1 saturated heterocycles. The molecule has 0 N–H and O–H groups in total. The van der Waals surface area contributed by atoms with Crippen LogP contribution in [0.25, 0.3) is 6.08 Å². The molecule has 5 heteroatoms. The summed E-state index contributed by atoms with van der Waals surface area (Å²) < 4.78 is 5.41. The molecule has 2 amide bonds. The molecule has 128 valence electrons. The highest BCUT2D eigenvalue weighted by Gasteiger charge is 2.34. The van der Waals surface area contributed by atoms with E-state index in [1.54, 1.807) is 6.08 Å². The zero-order chi connectivity index (χ0) is 17.8. The van der Waals surface area contributed by atoms with Gasteiger partial charge in [0.2, 0.25) is 0 Å². The Balaban J connectivity index is 1.74. The molecule has 0 bridgehead atoms. The molecule has 0 saturated carbocycles. The summed E-state index contributed by atoms with van der Waals surface area (Å²) in [4.78, 5) is 26.5. The van der Waals surface area contributed by atoms with Crippen LogP contribution < -0.4 is 4.74 Å². The van der Waals surface area contributed by atoms with Crippen molar-refractivity contribution in [2.45, 2.75) is 20.4 Å². The normalized spacial score (nSPS) is 15.9. The maximum atomic E-state index is 12.6. The van der Waals surface area contributed by atoms with Crippen molar-refractivity contribution in [1.82, 2.24) is 4.90 Å². The minimum absolute atomic E-state index is 0.234. The molecule has 2 aromatic carbocycles. The maximum Gasteiger partial charge on any atom is 0.293 e. The van der Waals surface area contributed by atoms with E-state index in [9.17, 15) is 9.59 Å². The maximum absolute atomic E-state index is 12.6. The van der Waals surface area contributed by atoms with E-state index >= 15 is 0 Å². The van der Waals surface area contributed by atoms with Gasteiger partial charge in [0, 0.05) is 0 Å². The quantitative estimate of drug-likeness (QED) is 0.735. The monoisotopic (exact) mass is 353 g/mol. The molecular formula is C20H19NO3S. The number of ether oxygens (including phenoxy) is 1. The predicted octanol–water partition coefficient (Wildman–Crippen LogP) is 4.63. The summed E-state index contributed by atoms with van der Waals surface area (Å²) in [5, 5.41) is -0.234. The largest absolute Gasteiger partial charge is 0.494 e. The Morgan fingerprint density at radius 3 is 2.36 bits per heavy atom. The predicted molar refractivity (Wildman–Crippen MR) is 100 cm³/mol. The van der Waals surface area contributed by atoms with Gasteiger partial charge in [-0.05, 0) is 54.9 Å². The summed E-state index contributed by atoms with van der Waals surface area (Å²) in [6, 6.07) is 15.3. The number of thioether (sulfide) groups is 1. The summed E-state index contributed by atoms with van der Waals surface area (Å²) in [6.07, 6.45) is 1.75. The van der Waals surface area contributed by atoms with Crippen LogP contribution in [0.5, 0.6) is 5.75 Å². The van der Waals surface area contributed by atoms with Crippen molar-refractivity contribution >= 4 is 29.0 Å². The van der Waals surface area contributed by atoms with Gasteiger partial charge in [0.1, 0.15) is 5.75 Å². The number of aryl methyl sites for hydroxylation is 1. The first kappa shape index (κ1) is 17.3. The van der Waals surface area contributed by atoms with Gasteiger partial charge in [0.25, 0.3) is 11.1 Å². The Morgan fingerprint density at radius 1 is 1.04 bits per heavy atom. The number of carbonyl (C=O) groups is 2. The average molecular weight is 353 g/mol. The molecule has 1 aliphatic heterocycles. The van der Waals surface area contributed by atoms with Crippen molar-refractivity contribution in [1.29, 1.82) is 0 Å². The number of rotatable bonds is 5. The van der Waals surface area contributed by atoms with E-state index in [0.717, 1.165) is 34.2 Å². The number of hydrogen-bond donors (Lipinski definition) is 0. The Bertz CT molecular complexity index is 810. The van der Waals surface area contributed by atoms with Gasteiger partial charge in [-0.2, -0.15) is 0 Å². The number of amides is 2. The minimum Gasteiger partial charge on any atom is -0.494 e. The summed E-state index contributed by atoms with van der Waals surface area (Å²) >= 11 is 0.981. The number of imide groups is 1. The molecule has 1 aliphatic rings. The third-order valence-electron chi connectivity index (χ3n) is 3.82. The van der Waals surface area contributed by atoms with Gasteiger partial charge < -0.3 is 4.74 Å². The van der Waals surface area contributed by atoms with E-state index in [1.165, 1.54) is 4.90 Å². The Kier molecular flexibility index (Phi) is 5.24. The number of benzene rings is 2. The highest BCUT2D eigenvalue weighted by molar-refractivity contribution is 8.18. The number of carbonyl (C=O) groups excluding carboxylic acids is 2. The van der Waals surface area contributed by atoms with Crippen molar-refractivity contribution in [3.05, 3.63) is 70.1 Å². The fourth-order valence-electron chi connectivity index (χ4n) is 2.49. The summed E-state index contributed by atoms with van der Waals surface area (Å²) in [5.74, 6) is 0.539. The van der Waals surface area contributed by atoms with Crippen molar-refractivity contribution in [2.75, 3.05) is 6.61 Å². The van der Waals surface area contributed by atoms with Gasteiger partial charge in [0.15, 0.2) is 0 Å². The molecule has 0 unspecified atom stereocenters. The van der Waals surface area contributed by atoms with E-state index in [4.69, 9.17) is 4.74 Å². The van der Waals surface area contributed by atoms with E-state index in [-0.39, 0.29) is 11.1 Å². The zero-order valence-corrected chi connectivity index (χ0v) is 15.0. The van der Waals surface area contributed by atoms with Gasteiger partial charge in [0.05, 0.1) is 18.1 Å². The fraction of sp³-hybridized carbons (Fsp3) is 0.200.